The number of hydrogen-bond acceptors (Lipinski definition) is 3. The number of aromatic nitrogens is 2. The first-order valence-electron chi connectivity index (χ1n) is 9.28. The number of pyridine rings is 1. The number of fused-ring (bicyclic) bond motifs is 1. The zero-order chi connectivity index (χ0) is 21.1. The Morgan fingerprint density at radius 3 is 2.53 bits per heavy atom. The predicted molar refractivity (Wildman–Crippen MR) is 114 cm³/mol. The van der Waals surface area contributed by atoms with Crippen LogP contribution in [0.25, 0.3) is 23.0 Å². The van der Waals surface area contributed by atoms with Gasteiger partial charge in [-0.25, -0.2) is 9.37 Å². The molecule has 6 heteroatoms. The number of nitrogens with zero attached hydrogens (tertiary/aromatic N) is 3. The summed E-state index contributed by atoms with van der Waals surface area (Å²) in [6.45, 7) is 1.96. The summed E-state index contributed by atoms with van der Waals surface area (Å²) in [5, 5.41) is 12.3. The summed E-state index contributed by atoms with van der Waals surface area (Å²) in [4.78, 5) is 17.4. The molecular weight excluding hydrogens is 379 g/mol. The summed E-state index contributed by atoms with van der Waals surface area (Å²) < 4.78 is 15.0. The molecule has 2 aromatic heterocycles. The molecule has 0 fully saturated rings. The first-order valence-corrected chi connectivity index (χ1v) is 9.28. The number of carbonyl (C=O) groups excluding carboxylic acids is 1. The van der Waals surface area contributed by atoms with E-state index in [1.807, 2.05) is 66.1 Å². The molecule has 0 saturated carbocycles. The van der Waals surface area contributed by atoms with E-state index in [1.54, 1.807) is 0 Å². The maximum absolute atomic E-state index is 13.1. The van der Waals surface area contributed by atoms with Gasteiger partial charge in [-0.2, -0.15) is 5.26 Å². The molecule has 0 atom stereocenters. The molecule has 0 radical (unpaired) electrons. The number of benzene rings is 2. The molecule has 0 saturated heterocycles. The van der Waals surface area contributed by atoms with Gasteiger partial charge in [0.1, 0.15) is 23.1 Å². The van der Waals surface area contributed by atoms with Crippen molar-refractivity contribution in [1.82, 2.24) is 9.38 Å². The molecule has 0 aliphatic heterocycles. The molecule has 1 amide bonds. The van der Waals surface area contributed by atoms with Gasteiger partial charge in [-0.05, 0) is 48.9 Å². The lowest BCUT2D eigenvalue weighted by Crippen LogP contribution is -2.13. The van der Waals surface area contributed by atoms with E-state index in [1.165, 1.54) is 30.3 Å². The summed E-state index contributed by atoms with van der Waals surface area (Å²) in [7, 11) is 0. The second-order valence-electron chi connectivity index (χ2n) is 6.73. The first kappa shape index (κ1) is 19.1. The molecular formula is C24H17FN4O. The van der Waals surface area contributed by atoms with Gasteiger partial charge in [-0.15, -0.1) is 0 Å². The molecule has 30 heavy (non-hydrogen) atoms. The Bertz CT molecular complexity index is 1300. The van der Waals surface area contributed by atoms with E-state index in [0.29, 0.717) is 17.1 Å². The van der Waals surface area contributed by atoms with Gasteiger partial charge in [0.15, 0.2) is 0 Å². The lowest BCUT2D eigenvalue weighted by molar-refractivity contribution is -0.112. The van der Waals surface area contributed by atoms with Gasteiger partial charge in [0.05, 0.1) is 11.4 Å². The number of rotatable bonds is 4. The highest BCUT2D eigenvalue weighted by Crippen LogP contribution is 2.27. The molecule has 2 aromatic carbocycles. The van der Waals surface area contributed by atoms with E-state index < -0.39 is 11.7 Å². The summed E-state index contributed by atoms with van der Waals surface area (Å²) in [5.41, 5.74) is 4.23. The minimum absolute atomic E-state index is 0.0835. The minimum atomic E-state index is -0.578. The summed E-state index contributed by atoms with van der Waals surface area (Å²) in [6, 6.07) is 20.8. The lowest BCUT2D eigenvalue weighted by Gasteiger charge is -2.05. The van der Waals surface area contributed by atoms with Crippen LogP contribution in [0.3, 0.4) is 0 Å². The molecule has 5 nitrogen and oxygen atoms in total. The number of nitriles is 1. The van der Waals surface area contributed by atoms with Crippen LogP contribution in [0.5, 0.6) is 0 Å². The number of halogens is 1. The van der Waals surface area contributed by atoms with Crippen LogP contribution in [0.1, 0.15) is 11.3 Å². The largest absolute Gasteiger partial charge is 0.321 e. The number of hydrogen-bond donors (Lipinski definition) is 1. The highest BCUT2D eigenvalue weighted by molar-refractivity contribution is 6.10. The fraction of sp³-hybridized carbons (Fsp3) is 0.0417. The Balaban J connectivity index is 1.81. The van der Waals surface area contributed by atoms with Gasteiger partial charge in [0.25, 0.3) is 5.91 Å². The van der Waals surface area contributed by atoms with Crippen LogP contribution in [0.2, 0.25) is 0 Å². The van der Waals surface area contributed by atoms with E-state index in [0.717, 1.165) is 16.8 Å². The Labute approximate surface area is 172 Å². The van der Waals surface area contributed by atoms with Crippen LogP contribution in [-0.2, 0) is 4.79 Å². The summed E-state index contributed by atoms with van der Waals surface area (Å²) >= 11 is 0. The standard InChI is InChI=1S/C24H17FN4O/c1-16-6-5-13-29-21(22(28-23(16)29)17-7-3-2-4-8-17)14-18(15-26)24(30)27-20-11-9-19(25)10-12-20/h2-14H,1H3,(H,27,30). The number of amides is 1. The highest BCUT2D eigenvalue weighted by Gasteiger charge is 2.17. The number of nitrogens with one attached hydrogen (secondary N) is 1. The average Bonchev–Trinajstić information content (AvgIpc) is 3.14. The Morgan fingerprint density at radius 2 is 1.83 bits per heavy atom. The minimum Gasteiger partial charge on any atom is -0.321 e. The molecule has 4 rings (SSSR count). The van der Waals surface area contributed by atoms with E-state index in [9.17, 15) is 14.4 Å². The van der Waals surface area contributed by atoms with Crippen molar-refractivity contribution in [1.29, 1.82) is 5.26 Å². The van der Waals surface area contributed by atoms with Crippen molar-refractivity contribution < 1.29 is 9.18 Å². The zero-order valence-electron chi connectivity index (χ0n) is 16.1. The van der Waals surface area contributed by atoms with Crippen LogP contribution in [0.15, 0.2) is 78.5 Å². The van der Waals surface area contributed by atoms with Crippen molar-refractivity contribution in [2.75, 3.05) is 5.32 Å². The smallest absolute Gasteiger partial charge is 0.266 e. The molecule has 0 unspecified atom stereocenters. The Morgan fingerprint density at radius 1 is 1.10 bits per heavy atom. The SMILES string of the molecule is Cc1cccn2c(C=C(C#N)C(=O)Nc3ccc(F)cc3)c(-c3ccccc3)nc12. The molecule has 0 aliphatic rings. The van der Waals surface area contributed by atoms with Crippen LogP contribution in [0, 0.1) is 24.1 Å². The number of aryl methyl sites for hydroxylation is 1. The third kappa shape index (κ3) is 3.69. The second kappa shape index (κ2) is 8.02. The fourth-order valence-electron chi connectivity index (χ4n) is 3.19. The van der Waals surface area contributed by atoms with Crippen LogP contribution in [0.4, 0.5) is 10.1 Å². The van der Waals surface area contributed by atoms with Crippen LogP contribution in [-0.4, -0.2) is 15.3 Å². The van der Waals surface area contributed by atoms with E-state index in [2.05, 4.69) is 5.32 Å². The predicted octanol–water partition coefficient (Wildman–Crippen LogP) is 4.99. The quantitative estimate of drug-likeness (QED) is 0.390. The fourth-order valence-corrected chi connectivity index (χ4v) is 3.19. The van der Waals surface area contributed by atoms with E-state index in [4.69, 9.17) is 4.98 Å². The van der Waals surface area contributed by atoms with Crippen molar-refractivity contribution in [2.24, 2.45) is 0 Å². The maximum atomic E-state index is 13.1. The normalized spacial score (nSPS) is 11.3. The van der Waals surface area contributed by atoms with Crippen molar-refractivity contribution in [3.8, 4) is 17.3 Å². The second-order valence-corrected chi connectivity index (χ2v) is 6.73. The molecule has 146 valence electrons. The number of anilines is 1. The third-order valence-electron chi connectivity index (χ3n) is 4.68. The first-order chi connectivity index (χ1) is 14.6. The van der Waals surface area contributed by atoms with Crippen molar-refractivity contribution in [2.45, 2.75) is 6.92 Å². The molecule has 2 heterocycles. The van der Waals surface area contributed by atoms with Crippen molar-refractivity contribution in [3.63, 3.8) is 0 Å². The van der Waals surface area contributed by atoms with Crippen LogP contribution < -0.4 is 5.32 Å². The van der Waals surface area contributed by atoms with Crippen LogP contribution >= 0.6 is 0 Å². The van der Waals surface area contributed by atoms with Gasteiger partial charge in [0.2, 0.25) is 0 Å². The number of carbonyl (C=O) groups is 1. The molecule has 0 aliphatic carbocycles. The van der Waals surface area contributed by atoms with E-state index in [-0.39, 0.29) is 5.57 Å². The molecule has 0 spiro atoms. The van der Waals surface area contributed by atoms with Gasteiger partial charge >= 0.3 is 0 Å². The monoisotopic (exact) mass is 396 g/mol. The van der Waals surface area contributed by atoms with Crippen molar-refractivity contribution in [3.05, 3.63) is 95.6 Å². The molecule has 1 N–H and O–H groups in total. The Hall–Kier alpha value is -4.24. The summed E-state index contributed by atoms with van der Waals surface area (Å²) in [6.07, 6.45) is 3.38. The van der Waals surface area contributed by atoms with Crippen molar-refractivity contribution >= 4 is 23.3 Å². The topological polar surface area (TPSA) is 70.2 Å². The van der Waals surface area contributed by atoms with Gasteiger partial charge in [0, 0.05) is 17.4 Å². The zero-order valence-corrected chi connectivity index (χ0v) is 16.1. The Kier molecular flexibility index (Phi) is 5.10. The lowest BCUT2D eigenvalue weighted by atomic mass is 10.1. The summed E-state index contributed by atoms with van der Waals surface area (Å²) in [5.74, 6) is -0.983. The molecule has 4 aromatic rings. The van der Waals surface area contributed by atoms with Gasteiger partial charge in [-0.3, -0.25) is 9.20 Å². The van der Waals surface area contributed by atoms with Gasteiger partial charge in [-0.1, -0.05) is 36.4 Å². The highest BCUT2D eigenvalue weighted by atomic mass is 19.1. The third-order valence-corrected chi connectivity index (χ3v) is 4.68. The number of imidazole rings is 1. The van der Waals surface area contributed by atoms with Gasteiger partial charge < -0.3 is 5.32 Å². The average molecular weight is 396 g/mol. The van der Waals surface area contributed by atoms with E-state index >= 15 is 0 Å². The maximum Gasteiger partial charge on any atom is 0.266 e. The molecule has 0 bridgehead atoms.